The van der Waals surface area contributed by atoms with Gasteiger partial charge in [-0.3, -0.25) is 4.79 Å². The number of fused-ring (bicyclic) bond motifs is 1. The van der Waals surface area contributed by atoms with Crippen LogP contribution in [0, 0.1) is 0 Å². The van der Waals surface area contributed by atoms with E-state index in [9.17, 15) is 9.59 Å². The number of benzene rings is 2. The zero-order valence-corrected chi connectivity index (χ0v) is 16.0. The van der Waals surface area contributed by atoms with E-state index >= 15 is 0 Å². The van der Waals surface area contributed by atoms with Gasteiger partial charge >= 0.3 is 5.97 Å². The monoisotopic (exact) mass is 373 g/mol. The first-order valence-corrected chi connectivity index (χ1v) is 9.67. The van der Waals surface area contributed by atoms with Crippen molar-refractivity contribution >= 4 is 22.7 Å². The van der Waals surface area contributed by atoms with Crippen LogP contribution in [0.4, 0.5) is 0 Å². The molecule has 4 heteroatoms. The molecule has 0 aliphatic heterocycles. The van der Waals surface area contributed by atoms with Crippen LogP contribution in [0.2, 0.25) is 0 Å². The molecule has 142 valence electrons. The molecule has 0 saturated heterocycles. The topological polar surface area (TPSA) is 48.3 Å². The van der Waals surface area contributed by atoms with Gasteiger partial charge in [0.25, 0.3) is 0 Å². The molecule has 4 nitrogen and oxygen atoms in total. The summed E-state index contributed by atoms with van der Waals surface area (Å²) >= 11 is 0. The van der Waals surface area contributed by atoms with Gasteiger partial charge in [0.2, 0.25) is 5.78 Å². The standard InChI is InChI=1S/C24H23NO3/c1-25-21-14-8-6-11-18(21)15-22(25)23(26)20-13-7-5-12-19(20)16-28-24(27)17-9-3-2-4-10-17/h2-4,6,8-11,14-15H,5,7,12-13,16H2,1H3. The summed E-state index contributed by atoms with van der Waals surface area (Å²) in [5.41, 5.74) is 4.01. The van der Waals surface area contributed by atoms with Crippen LogP contribution in [0.15, 0.2) is 71.8 Å². The third-order valence-electron chi connectivity index (χ3n) is 5.43. The average molecular weight is 373 g/mol. The number of carbonyl (C=O) groups is 2. The molecular formula is C24H23NO3. The highest BCUT2D eigenvalue weighted by molar-refractivity contribution is 6.10. The minimum atomic E-state index is -0.352. The highest BCUT2D eigenvalue weighted by Gasteiger charge is 2.24. The van der Waals surface area contributed by atoms with Gasteiger partial charge in [-0.15, -0.1) is 0 Å². The Balaban J connectivity index is 1.59. The van der Waals surface area contributed by atoms with E-state index in [2.05, 4.69) is 0 Å². The van der Waals surface area contributed by atoms with Crippen molar-refractivity contribution in [2.75, 3.05) is 6.61 Å². The summed E-state index contributed by atoms with van der Waals surface area (Å²) in [5, 5.41) is 1.06. The zero-order chi connectivity index (χ0) is 19.5. The fourth-order valence-electron chi connectivity index (χ4n) is 3.87. The van der Waals surface area contributed by atoms with Gasteiger partial charge in [-0.05, 0) is 55.5 Å². The molecular weight excluding hydrogens is 350 g/mol. The van der Waals surface area contributed by atoms with Gasteiger partial charge in [-0.2, -0.15) is 0 Å². The summed E-state index contributed by atoms with van der Waals surface area (Å²) in [6.45, 7) is 0.179. The number of aryl methyl sites for hydroxylation is 1. The number of ether oxygens (including phenoxy) is 1. The number of nitrogens with zero attached hydrogens (tertiary/aromatic N) is 1. The first-order valence-electron chi connectivity index (χ1n) is 9.67. The van der Waals surface area contributed by atoms with E-state index in [-0.39, 0.29) is 18.4 Å². The largest absolute Gasteiger partial charge is 0.458 e. The molecule has 2 aromatic carbocycles. The Bertz CT molecular complexity index is 1060. The third kappa shape index (κ3) is 3.50. The zero-order valence-electron chi connectivity index (χ0n) is 16.0. The molecule has 28 heavy (non-hydrogen) atoms. The lowest BCUT2D eigenvalue weighted by molar-refractivity contribution is 0.0533. The fraction of sp³-hybridized carbons (Fsp3) is 0.250. The lowest BCUT2D eigenvalue weighted by Gasteiger charge is -2.20. The molecule has 0 saturated carbocycles. The molecule has 1 heterocycles. The number of Topliss-reactive ketones (excluding diaryl/α,β-unsaturated/α-hetero) is 1. The van der Waals surface area contributed by atoms with Crippen molar-refractivity contribution in [3.8, 4) is 0 Å². The molecule has 3 aromatic rings. The maximum atomic E-state index is 13.3. The van der Waals surface area contributed by atoms with Crippen LogP contribution in [-0.4, -0.2) is 22.9 Å². The number of hydrogen-bond acceptors (Lipinski definition) is 3. The number of ketones is 1. The smallest absolute Gasteiger partial charge is 0.338 e. The van der Waals surface area contributed by atoms with Crippen molar-refractivity contribution in [1.29, 1.82) is 0 Å². The van der Waals surface area contributed by atoms with Crippen LogP contribution in [0.3, 0.4) is 0 Å². The molecule has 1 aromatic heterocycles. The fourth-order valence-corrected chi connectivity index (χ4v) is 3.87. The molecule has 4 rings (SSSR count). The Morgan fingerprint density at radius 3 is 2.46 bits per heavy atom. The summed E-state index contributed by atoms with van der Waals surface area (Å²) in [7, 11) is 1.92. The SMILES string of the molecule is Cn1c(C(=O)C2=C(COC(=O)c3ccccc3)CCCC2)cc2ccccc21. The van der Waals surface area contributed by atoms with E-state index in [1.807, 2.05) is 60.1 Å². The van der Waals surface area contributed by atoms with Crippen molar-refractivity contribution < 1.29 is 14.3 Å². The Kier molecular flexibility index (Phi) is 5.11. The maximum Gasteiger partial charge on any atom is 0.338 e. The molecule has 0 bridgehead atoms. The van der Waals surface area contributed by atoms with Gasteiger partial charge in [-0.1, -0.05) is 36.4 Å². The molecule has 0 atom stereocenters. The van der Waals surface area contributed by atoms with Crippen molar-refractivity contribution in [2.45, 2.75) is 25.7 Å². The molecule has 1 aliphatic carbocycles. The molecule has 0 unspecified atom stereocenters. The van der Waals surface area contributed by atoms with E-state index in [1.54, 1.807) is 12.1 Å². The van der Waals surface area contributed by atoms with Gasteiger partial charge in [0.05, 0.1) is 11.3 Å². The summed E-state index contributed by atoms with van der Waals surface area (Å²) in [4.78, 5) is 25.6. The number of rotatable bonds is 5. The third-order valence-corrected chi connectivity index (χ3v) is 5.43. The van der Waals surface area contributed by atoms with E-state index in [4.69, 9.17) is 4.74 Å². The summed E-state index contributed by atoms with van der Waals surface area (Å²) in [6, 6.07) is 18.9. The van der Waals surface area contributed by atoms with Crippen LogP contribution in [0.5, 0.6) is 0 Å². The molecule has 0 amide bonds. The summed E-state index contributed by atoms with van der Waals surface area (Å²) in [6.07, 6.45) is 3.54. The lowest BCUT2D eigenvalue weighted by atomic mass is 9.88. The summed E-state index contributed by atoms with van der Waals surface area (Å²) < 4.78 is 7.47. The maximum absolute atomic E-state index is 13.3. The quantitative estimate of drug-likeness (QED) is 0.462. The van der Waals surface area contributed by atoms with E-state index < -0.39 is 0 Å². The number of carbonyl (C=O) groups excluding carboxylic acids is 2. The number of allylic oxidation sites excluding steroid dienone is 1. The van der Waals surface area contributed by atoms with Gasteiger partial charge in [-0.25, -0.2) is 4.79 Å². The Labute approximate surface area is 164 Å². The van der Waals surface area contributed by atoms with E-state index in [1.165, 1.54) is 0 Å². The van der Waals surface area contributed by atoms with Crippen molar-refractivity contribution in [2.24, 2.45) is 7.05 Å². The van der Waals surface area contributed by atoms with Crippen LogP contribution in [-0.2, 0) is 11.8 Å². The number of esters is 1. The number of hydrogen-bond donors (Lipinski definition) is 0. The van der Waals surface area contributed by atoms with Gasteiger partial charge in [0.15, 0.2) is 0 Å². The highest BCUT2D eigenvalue weighted by Crippen LogP contribution is 2.29. The Hall–Kier alpha value is -3.14. The predicted octanol–water partition coefficient (Wildman–Crippen LogP) is 5.09. The van der Waals surface area contributed by atoms with Crippen molar-refractivity contribution in [3.63, 3.8) is 0 Å². The summed E-state index contributed by atoms with van der Waals surface area (Å²) in [5.74, 6) is -0.306. The lowest BCUT2D eigenvalue weighted by Crippen LogP contribution is -2.17. The minimum absolute atomic E-state index is 0.0455. The van der Waals surface area contributed by atoms with Crippen LogP contribution in [0.1, 0.15) is 46.5 Å². The van der Waals surface area contributed by atoms with Crippen LogP contribution < -0.4 is 0 Å². The second-order valence-corrected chi connectivity index (χ2v) is 7.21. The molecule has 1 aliphatic rings. The average Bonchev–Trinajstić information content (AvgIpc) is 3.09. The van der Waals surface area contributed by atoms with Crippen molar-refractivity contribution in [3.05, 3.63) is 83.1 Å². The molecule has 0 N–H and O–H groups in total. The van der Waals surface area contributed by atoms with Crippen LogP contribution in [0.25, 0.3) is 10.9 Å². The number of aromatic nitrogens is 1. The first kappa shape index (κ1) is 18.2. The Morgan fingerprint density at radius 2 is 1.68 bits per heavy atom. The van der Waals surface area contributed by atoms with E-state index in [0.29, 0.717) is 11.3 Å². The second kappa shape index (κ2) is 7.85. The van der Waals surface area contributed by atoms with Gasteiger partial charge in [0, 0.05) is 23.5 Å². The normalized spacial score (nSPS) is 14.3. The minimum Gasteiger partial charge on any atom is -0.458 e. The van der Waals surface area contributed by atoms with Gasteiger partial charge in [0.1, 0.15) is 6.61 Å². The van der Waals surface area contributed by atoms with E-state index in [0.717, 1.165) is 47.7 Å². The molecule has 0 radical (unpaired) electrons. The van der Waals surface area contributed by atoms with Gasteiger partial charge < -0.3 is 9.30 Å². The first-order chi connectivity index (χ1) is 13.6. The van der Waals surface area contributed by atoms with Crippen molar-refractivity contribution in [1.82, 2.24) is 4.57 Å². The van der Waals surface area contributed by atoms with Crippen LogP contribution >= 0.6 is 0 Å². The second-order valence-electron chi connectivity index (χ2n) is 7.21. The molecule has 0 fully saturated rings. The molecule has 0 spiro atoms. The Morgan fingerprint density at radius 1 is 0.964 bits per heavy atom. The predicted molar refractivity (Wildman–Crippen MR) is 109 cm³/mol. The highest BCUT2D eigenvalue weighted by atomic mass is 16.5. The number of para-hydroxylation sites is 1.